The molecule has 4 nitrogen and oxygen atoms in total. The van der Waals surface area contributed by atoms with Gasteiger partial charge < -0.3 is 5.73 Å². The summed E-state index contributed by atoms with van der Waals surface area (Å²) in [7, 11) is -4.15. The first-order chi connectivity index (χ1) is 8.18. The lowest BCUT2D eigenvalue weighted by molar-refractivity contribution is 0.0170. The first kappa shape index (κ1) is 18.7. The molecule has 0 aliphatic heterocycles. The number of nitrogens with one attached hydrogen (secondary N) is 1. The van der Waals surface area contributed by atoms with Gasteiger partial charge in [0.25, 0.3) is 5.92 Å². The molecule has 0 aliphatic carbocycles. The number of alkyl halides is 2. The number of halogens is 5. The molecule has 0 unspecified atom stereocenters. The van der Waals surface area contributed by atoms with Crippen LogP contribution in [0.1, 0.15) is 0 Å². The van der Waals surface area contributed by atoms with Gasteiger partial charge >= 0.3 is 0 Å². The van der Waals surface area contributed by atoms with Crippen LogP contribution in [0.5, 0.6) is 0 Å². The van der Waals surface area contributed by atoms with Crippen LogP contribution in [-0.4, -0.2) is 27.4 Å². The molecule has 3 N–H and O–H groups in total. The summed E-state index contributed by atoms with van der Waals surface area (Å²) >= 11 is 2.85. The third-order valence-electron chi connectivity index (χ3n) is 2.00. The maximum absolute atomic E-state index is 12.8. The second-order valence-corrected chi connectivity index (χ2v) is 6.05. The predicted molar refractivity (Wildman–Crippen MR) is 70.5 cm³/mol. The van der Waals surface area contributed by atoms with Gasteiger partial charge in [-0.05, 0) is 34.1 Å². The van der Waals surface area contributed by atoms with E-state index in [0.29, 0.717) is 0 Å². The van der Waals surface area contributed by atoms with Crippen LogP contribution in [0.3, 0.4) is 0 Å². The largest absolute Gasteiger partial charge is 0.325 e. The maximum atomic E-state index is 12.8. The van der Waals surface area contributed by atoms with Crippen molar-refractivity contribution in [3.8, 4) is 0 Å². The molecule has 0 spiro atoms. The predicted octanol–water partition coefficient (Wildman–Crippen LogP) is 1.88. The third-order valence-corrected chi connectivity index (χ3v) is 4.38. The molecular formula is C9H11BrClF3N2O2S. The minimum atomic E-state index is -4.15. The van der Waals surface area contributed by atoms with Crippen LogP contribution in [0.4, 0.5) is 13.2 Å². The summed E-state index contributed by atoms with van der Waals surface area (Å²) in [5, 5.41) is 0. The van der Waals surface area contributed by atoms with E-state index in [2.05, 4.69) is 15.9 Å². The van der Waals surface area contributed by atoms with Gasteiger partial charge in [0.05, 0.1) is 18.0 Å². The number of rotatable bonds is 5. The number of hydrogen-bond donors (Lipinski definition) is 2. The lowest BCUT2D eigenvalue weighted by atomic mass is 10.3. The Labute approximate surface area is 123 Å². The molecule has 1 rings (SSSR count). The van der Waals surface area contributed by atoms with Crippen molar-refractivity contribution in [1.82, 2.24) is 4.72 Å². The summed E-state index contributed by atoms with van der Waals surface area (Å²) in [6.45, 7) is -2.09. The SMILES string of the molecule is Cl.NCC(F)(F)CNS(=O)(=O)c1ccc(F)cc1Br. The van der Waals surface area contributed by atoms with E-state index in [9.17, 15) is 21.6 Å². The van der Waals surface area contributed by atoms with Crippen molar-refractivity contribution in [2.24, 2.45) is 5.73 Å². The Morgan fingerprint density at radius 1 is 1.37 bits per heavy atom. The smallest absolute Gasteiger partial charge is 0.273 e. The fraction of sp³-hybridized carbons (Fsp3) is 0.333. The van der Waals surface area contributed by atoms with Crippen LogP contribution in [0.15, 0.2) is 27.6 Å². The zero-order valence-corrected chi connectivity index (χ0v) is 12.6. The van der Waals surface area contributed by atoms with Crippen LogP contribution < -0.4 is 10.5 Å². The van der Waals surface area contributed by atoms with Gasteiger partial charge in [0.2, 0.25) is 10.0 Å². The Morgan fingerprint density at radius 3 is 2.42 bits per heavy atom. The van der Waals surface area contributed by atoms with E-state index >= 15 is 0 Å². The first-order valence-corrected chi connectivity index (χ1v) is 6.98. The van der Waals surface area contributed by atoms with Gasteiger partial charge in [-0.1, -0.05) is 0 Å². The Hall–Kier alpha value is -0.350. The molecule has 0 amide bonds. The fourth-order valence-electron chi connectivity index (χ4n) is 1.04. The molecule has 0 aliphatic rings. The molecule has 110 valence electrons. The van der Waals surface area contributed by atoms with Gasteiger partial charge in [-0.25, -0.2) is 26.3 Å². The second kappa shape index (κ2) is 6.89. The number of hydrogen-bond acceptors (Lipinski definition) is 3. The van der Waals surface area contributed by atoms with E-state index in [0.717, 1.165) is 18.2 Å². The first-order valence-electron chi connectivity index (χ1n) is 4.70. The molecule has 0 atom stereocenters. The minimum Gasteiger partial charge on any atom is -0.325 e. The van der Waals surface area contributed by atoms with Gasteiger partial charge in [-0.3, -0.25) is 0 Å². The Kier molecular flexibility index (Phi) is 6.76. The maximum Gasteiger partial charge on any atom is 0.273 e. The molecule has 1 aromatic rings. The average Bonchev–Trinajstić information content (AvgIpc) is 2.26. The van der Waals surface area contributed by atoms with Crippen LogP contribution >= 0.6 is 28.3 Å². The molecule has 0 aromatic heterocycles. The topological polar surface area (TPSA) is 72.2 Å². The molecule has 0 saturated heterocycles. The highest BCUT2D eigenvalue weighted by Gasteiger charge is 2.30. The Morgan fingerprint density at radius 2 is 1.95 bits per heavy atom. The molecule has 1 aromatic carbocycles. The lowest BCUT2D eigenvalue weighted by Gasteiger charge is -2.15. The van der Waals surface area contributed by atoms with Gasteiger partial charge in [-0.2, -0.15) is 0 Å². The van der Waals surface area contributed by atoms with Crippen molar-refractivity contribution >= 4 is 38.4 Å². The summed E-state index contributed by atoms with van der Waals surface area (Å²) in [5.41, 5.74) is 4.78. The zero-order chi connectivity index (χ0) is 14.0. The molecule has 0 saturated carbocycles. The molecule has 19 heavy (non-hydrogen) atoms. The van der Waals surface area contributed by atoms with Gasteiger partial charge in [0.15, 0.2) is 0 Å². The molecule has 0 radical (unpaired) electrons. The van der Waals surface area contributed by atoms with Crippen molar-refractivity contribution in [3.05, 3.63) is 28.5 Å². The van der Waals surface area contributed by atoms with Crippen LogP contribution in [0.25, 0.3) is 0 Å². The van der Waals surface area contributed by atoms with Crippen molar-refractivity contribution in [2.75, 3.05) is 13.1 Å². The van der Waals surface area contributed by atoms with E-state index in [1.54, 1.807) is 4.72 Å². The highest BCUT2D eigenvalue weighted by atomic mass is 79.9. The summed E-state index contributed by atoms with van der Waals surface area (Å²) in [5.74, 6) is -3.98. The van der Waals surface area contributed by atoms with E-state index in [4.69, 9.17) is 5.73 Å². The Balaban J connectivity index is 0.00000324. The summed E-state index contributed by atoms with van der Waals surface area (Å²) in [6, 6.07) is 2.82. The molecule has 0 fully saturated rings. The molecule has 10 heteroatoms. The van der Waals surface area contributed by atoms with Crippen molar-refractivity contribution in [1.29, 1.82) is 0 Å². The minimum absolute atomic E-state index is 0. The highest BCUT2D eigenvalue weighted by molar-refractivity contribution is 9.10. The van der Waals surface area contributed by atoms with Crippen molar-refractivity contribution in [3.63, 3.8) is 0 Å². The molecule has 0 bridgehead atoms. The Bertz CT molecular complexity index is 542. The fourth-order valence-corrected chi connectivity index (χ4v) is 3.15. The number of nitrogens with two attached hydrogens (primary N) is 1. The number of benzene rings is 1. The van der Waals surface area contributed by atoms with Crippen molar-refractivity contribution in [2.45, 2.75) is 10.8 Å². The summed E-state index contributed by atoms with van der Waals surface area (Å²) in [4.78, 5) is -0.322. The lowest BCUT2D eigenvalue weighted by Crippen LogP contribution is -2.41. The number of sulfonamides is 1. The highest BCUT2D eigenvalue weighted by Crippen LogP contribution is 2.23. The van der Waals surface area contributed by atoms with Gasteiger partial charge in [0.1, 0.15) is 5.82 Å². The average molecular weight is 384 g/mol. The summed E-state index contributed by atoms with van der Waals surface area (Å²) in [6.07, 6.45) is 0. The monoisotopic (exact) mass is 382 g/mol. The quantitative estimate of drug-likeness (QED) is 0.815. The summed E-state index contributed by atoms with van der Waals surface area (Å²) < 4.78 is 63.5. The van der Waals surface area contributed by atoms with Crippen LogP contribution in [-0.2, 0) is 10.0 Å². The van der Waals surface area contributed by atoms with E-state index < -0.39 is 34.9 Å². The third kappa shape index (κ3) is 5.27. The van der Waals surface area contributed by atoms with Gasteiger partial charge in [0, 0.05) is 4.47 Å². The van der Waals surface area contributed by atoms with Crippen molar-refractivity contribution < 1.29 is 21.6 Å². The zero-order valence-electron chi connectivity index (χ0n) is 9.37. The van der Waals surface area contributed by atoms with Crippen LogP contribution in [0.2, 0.25) is 0 Å². The normalized spacial score (nSPS) is 12.1. The molecular weight excluding hydrogens is 373 g/mol. The second-order valence-electron chi connectivity index (χ2n) is 3.46. The van der Waals surface area contributed by atoms with E-state index in [-0.39, 0.29) is 21.8 Å². The van der Waals surface area contributed by atoms with Gasteiger partial charge in [-0.15, -0.1) is 12.4 Å². The van der Waals surface area contributed by atoms with E-state index in [1.165, 1.54) is 0 Å². The standard InChI is InChI=1S/C9H10BrF3N2O2S.ClH/c10-7-3-6(11)1-2-8(7)18(16,17)15-5-9(12,13)4-14;/h1-3,15H,4-5,14H2;1H. The van der Waals surface area contributed by atoms with Crippen LogP contribution in [0, 0.1) is 5.82 Å². The molecule has 0 heterocycles. The van der Waals surface area contributed by atoms with E-state index in [1.807, 2.05) is 0 Å².